The van der Waals surface area contributed by atoms with Crippen molar-refractivity contribution in [2.45, 2.75) is 19.3 Å². The molecule has 1 atom stereocenters. The van der Waals surface area contributed by atoms with Crippen LogP contribution in [0.4, 0.5) is 8.78 Å². The van der Waals surface area contributed by atoms with E-state index in [2.05, 4.69) is 0 Å². The highest BCUT2D eigenvalue weighted by Gasteiger charge is 2.26. The number of hydrogen-bond acceptors (Lipinski definition) is 2. The third-order valence-electron chi connectivity index (χ3n) is 2.69. The van der Waals surface area contributed by atoms with E-state index in [1.807, 2.05) is 0 Å². The van der Waals surface area contributed by atoms with Gasteiger partial charge in [0.2, 0.25) is 0 Å². The summed E-state index contributed by atoms with van der Waals surface area (Å²) in [6.07, 6.45) is 0.504. The normalized spacial score (nSPS) is 16.0. The molecule has 15 heavy (non-hydrogen) atoms. The highest BCUT2D eigenvalue weighted by molar-refractivity contribution is 5.46. The molecule has 2 rings (SSSR count). The standard InChI is InChI=1S/C11H12F2O2/c1-6(5-14)10-7-2-3-15-11(7)9(13)4-8(10)12/h4,6,14H,2-3,5H2,1H3. The van der Waals surface area contributed by atoms with Crippen LogP contribution in [0.25, 0.3) is 0 Å². The molecule has 0 amide bonds. The van der Waals surface area contributed by atoms with Gasteiger partial charge in [-0.25, -0.2) is 8.78 Å². The van der Waals surface area contributed by atoms with Crippen LogP contribution in [0.2, 0.25) is 0 Å². The lowest BCUT2D eigenvalue weighted by Gasteiger charge is -2.14. The van der Waals surface area contributed by atoms with Gasteiger partial charge in [0.15, 0.2) is 11.6 Å². The van der Waals surface area contributed by atoms with E-state index in [0.717, 1.165) is 6.07 Å². The van der Waals surface area contributed by atoms with E-state index < -0.39 is 11.6 Å². The van der Waals surface area contributed by atoms with Gasteiger partial charge in [-0.3, -0.25) is 0 Å². The Labute approximate surface area is 86.5 Å². The van der Waals surface area contributed by atoms with Gasteiger partial charge in [0, 0.05) is 36.1 Å². The summed E-state index contributed by atoms with van der Waals surface area (Å²) in [4.78, 5) is 0. The molecule has 1 aromatic rings. The van der Waals surface area contributed by atoms with Gasteiger partial charge < -0.3 is 9.84 Å². The number of ether oxygens (including phenoxy) is 1. The average Bonchev–Trinajstić information content (AvgIpc) is 2.66. The molecule has 82 valence electrons. The summed E-state index contributed by atoms with van der Waals surface area (Å²) in [5.41, 5.74) is 0.945. The van der Waals surface area contributed by atoms with Crippen LogP contribution in [0.1, 0.15) is 24.0 Å². The molecule has 1 heterocycles. The van der Waals surface area contributed by atoms with Gasteiger partial charge in [0.1, 0.15) is 5.82 Å². The summed E-state index contributed by atoms with van der Waals surface area (Å²) in [6.45, 7) is 1.92. The maximum absolute atomic E-state index is 13.5. The van der Waals surface area contributed by atoms with E-state index >= 15 is 0 Å². The smallest absolute Gasteiger partial charge is 0.168 e. The third kappa shape index (κ3) is 1.59. The lowest BCUT2D eigenvalue weighted by atomic mass is 9.94. The van der Waals surface area contributed by atoms with Crippen LogP contribution < -0.4 is 4.74 Å². The molecule has 1 aliphatic heterocycles. The number of rotatable bonds is 2. The van der Waals surface area contributed by atoms with Gasteiger partial charge in [0.25, 0.3) is 0 Å². The zero-order chi connectivity index (χ0) is 11.0. The Bertz CT molecular complexity index is 391. The quantitative estimate of drug-likeness (QED) is 0.815. The minimum absolute atomic E-state index is 0.145. The van der Waals surface area contributed by atoms with Crippen LogP contribution in [-0.2, 0) is 6.42 Å². The summed E-state index contributed by atoms with van der Waals surface area (Å²) in [5.74, 6) is -1.44. The molecule has 4 heteroatoms. The van der Waals surface area contributed by atoms with Gasteiger partial charge in [-0.15, -0.1) is 0 Å². The van der Waals surface area contributed by atoms with Crippen molar-refractivity contribution in [3.05, 3.63) is 28.8 Å². The van der Waals surface area contributed by atoms with Crippen molar-refractivity contribution in [2.24, 2.45) is 0 Å². The first-order valence-electron chi connectivity index (χ1n) is 4.89. The topological polar surface area (TPSA) is 29.5 Å². The van der Waals surface area contributed by atoms with E-state index in [4.69, 9.17) is 9.84 Å². The Morgan fingerprint density at radius 3 is 2.87 bits per heavy atom. The summed E-state index contributed by atoms with van der Waals surface area (Å²) < 4.78 is 31.9. The van der Waals surface area contributed by atoms with Gasteiger partial charge >= 0.3 is 0 Å². The average molecular weight is 214 g/mol. The molecule has 0 bridgehead atoms. The van der Waals surface area contributed by atoms with Crippen molar-refractivity contribution in [3.63, 3.8) is 0 Å². The second kappa shape index (κ2) is 3.77. The second-order valence-electron chi connectivity index (χ2n) is 3.74. The lowest BCUT2D eigenvalue weighted by molar-refractivity contribution is 0.269. The molecule has 0 spiro atoms. The molecule has 1 N–H and O–H groups in total. The maximum Gasteiger partial charge on any atom is 0.168 e. The Hall–Kier alpha value is -1.16. The number of fused-ring (bicyclic) bond motifs is 1. The third-order valence-corrected chi connectivity index (χ3v) is 2.69. The van der Waals surface area contributed by atoms with Crippen LogP contribution in [0, 0.1) is 11.6 Å². The van der Waals surface area contributed by atoms with E-state index in [1.165, 1.54) is 0 Å². The molecule has 1 aromatic carbocycles. The first-order chi connectivity index (χ1) is 7.15. The predicted molar refractivity (Wildman–Crippen MR) is 51.1 cm³/mol. The van der Waals surface area contributed by atoms with Crippen LogP contribution >= 0.6 is 0 Å². The van der Waals surface area contributed by atoms with E-state index in [-0.39, 0.29) is 18.3 Å². The monoisotopic (exact) mass is 214 g/mol. The molecular weight excluding hydrogens is 202 g/mol. The van der Waals surface area contributed by atoms with Crippen molar-refractivity contribution < 1.29 is 18.6 Å². The van der Waals surface area contributed by atoms with Crippen molar-refractivity contribution in [2.75, 3.05) is 13.2 Å². The molecule has 2 nitrogen and oxygen atoms in total. The number of aliphatic hydroxyl groups is 1. The SMILES string of the molecule is CC(CO)c1c(F)cc(F)c2c1CCO2. The fourth-order valence-corrected chi connectivity index (χ4v) is 1.95. The van der Waals surface area contributed by atoms with Crippen molar-refractivity contribution >= 4 is 0 Å². The van der Waals surface area contributed by atoms with Crippen LogP contribution in [0.5, 0.6) is 5.75 Å². The molecule has 1 unspecified atom stereocenters. The lowest BCUT2D eigenvalue weighted by Crippen LogP contribution is -2.06. The molecular formula is C11H12F2O2. The van der Waals surface area contributed by atoms with Crippen molar-refractivity contribution in [1.29, 1.82) is 0 Å². The zero-order valence-corrected chi connectivity index (χ0v) is 8.39. The van der Waals surface area contributed by atoms with Crippen molar-refractivity contribution in [3.8, 4) is 5.75 Å². The molecule has 0 radical (unpaired) electrons. The maximum atomic E-state index is 13.5. The van der Waals surface area contributed by atoms with E-state index in [9.17, 15) is 8.78 Å². The van der Waals surface area contributed by atoms with E-state index in [0.29, 0.717) is 24.2 Å². The van der Waals surface area contributed by atoms with Gasteiger partial charge in [0.05, 0.1) is 6.61 Å². The number of halogens is 2. The summed E-state index contributed by atoms with van der Waals surface area (Å²) in [6, 6.07) is 0.825. The minimum Gasteiger partial charge on any atom is -0.490 e. The Morgan fingerprint density at radius 2 is 2.20 bits per heavy atom. The fourth-order valence-electron chi connectivity index (χ4n) is 1.95. The molecule has 0 aliphatic carbocycles. The highest BCUT2D eigenvalue weighted by atomic mass is 19.1. The molecule has 0 aromatic heterocycles. The highest BCUT2D eigenvalue weighted by Crippen LogP contribution is 2.36. The first-order valence-corrected chi connectivity index (χ1v) is 4.89. The van der Waals surface area contributed by atoms with Crippen LogP contribution in [0.15, 0.2) is 6.07 Å². The largest absolute Gasteiger partial charge is 0.490 e. The van der Waals surface area contributed by atoms with Gasteiger partial charge in [-0.1, -0.05) is 6.92 Å². The van der Waals surface area contributed by atoms with Gasteiger partial charge in [-0.05, 0) is 0 Å². The minimum atomic E-state index is -0.658. The summed E-state index contributed by atoms with van der Waals surface area (Å²) >= 11 is 0. The molecule has 0 saturated heterocycles. The first kappa shape index (κ1) is 10.4. The Morgan fingerprint density at radius 1 is 1.47 bits per heavy atom. The number of hydrogen-bond donors (Lipinski definition) is 1. The number of aliphatic hydroxyl groups excluding tert-OH is 1. The molecule has 0 fully saturated rings. The summed E-state index contributed by atoms with van der Waals surface area (Å²) in [5, 5.41) is 9.01. The summed E-state index contributed by atoms with van der Waals surface area (Å²) in [7, 11) is 0. The Balaban J connectivity index is 2.59. The van der Waals surface area contributed by atoms with Crippen LogP contribution in [0.3, 0.4) is 0 Å². The molecule has 0 saturated carbocycles. The zero-order valence-electron chi connectivity index (χ0n) is 8.39. The number of benzene rings is 1. The second-order valence-corrected chi connectivity index (χ2v) is 3.74. The Kier molecular flexibility index (Phi) is 2.61. The molecule has 1 aliphatic rings. The van der Waals surface area contributed by atoms with Crippen molar-refractivity contribution in [1.82, 2.24) is 0 Å². The van der Waals surface area contributed by atoms with Crippen LogP contribution in [-0.4, -0.2) is 18.3 Å². The predicted octanol–water partition coefficient (Wildman–Crippen LogP) is 2.00. The fraction of sp³-hybridized carbons (Fsp3) is 0.455. The van der Waals surface area contributed by atoms with Gasteiger partial charge in [-0.2, -0.15) is 0 Å². The van der Waals surface area contributed by atoms with E-state index in [1.54, 1.807) is 6.92 Å².